The van der Waals surface area contributed by atoms with Gasteiger partial charge in [-0.3, -0.25) is 0 Å². The van der Waals surface area contributed by atoms with Crippen LogP contribution in [0.1, 0.15) is 102 Å². The average Bonchev–Trinajstić information content (AvgIpc) is 2.84. The fourth-order valence-electron chi connectivity index (χ4n) is 6.24. The maximum Gasteiger partial charge on any atom is 0.142 e. The van der Waals surface area contributed by atoms with E-state index in [9.17, 15) is 8.78 Å². The molecular formula is C30H39ClF2. The van der Waals surface area contributed by atoms with Gasteiger partial charge in [0.15, 0.2) is 0 Å². The fourth-order valence-corrected chi connectivity index (χ4v) is 6.36. The van der Waals surface area contributed by atoms with E-state index in [1.54, 1.807) is 18.2 Å². The molecule has 0 atom stereocenters. The molecule has 0 bridgehead atoms. The molecule has 0 unspecified atom stereocenters. The van der Waals surface area contributed by atoms with E-state index in [1.807, 2.05) is 6.07 Å². The summed E-state index contributed by atoms with van der Waals surface area (Å²) in [6.45, 7) is 2.30. The van der Waals surface area contributed by atoms with Gasteiger partial charge in [0.25, 0.3) is 0 Å². The summed E-state index contributed by atoms with van der Waals surface area (Å²) in [5.74, 6) is 2.47. The molecule has 0 nitrogen and oxygen atoms in total. The van der Waals surface area contributed by atoms with Crippen molar-refractivity contribution in [2.75, 3.05) is 0 Å². The van der Waals surface area contributed by atoms with E-state index in [-0.39, 0.29) is 10.8 Å². The monoisotopic (exact) mass is 472 g/mol. The van der Waals surface area contributed by atoms with Crippen molar-refractivity contribution in [2.45, 2.75) is 96.3 Å². The molecule has 0 heterocycles. The summed E-state index contributed by atoms with van der Waals surface area (Å²) in [6.07, 6.45) is 17.7. The summed E-state index contributed by atoms with van der Waals surface area (Å²) in [5.41, 5.74) is 2.06. The van der Waals surface area contributed by atoms with Crippen LogP contribution < -0.4 is 0 Å². The summed E-state index contributed by atoms with van der Waals surface area (Å²) in [6, 6.07) is 9.97. The van der Waals surface area contributed by atoms with Gasteiger partial charge in [0.1, 0.15) is 11.6 Å². The first kappa shape index (κ1) is 24.7. The molecule has 2 aliphatic carbocycles. The minimum atomic E-state index is -0.513. The first-order valence-electron chi connectivity index (χ1n) is 13.3. The Kier molecular flexibility index (Phi) is 8.85. The lowest BCUT2D eigenvalue weighted by Gasteiger charge is -2.32. The third-order valence-corrected chi connectivity index (χ3v) is 8.76. The molecule has 0 amide bonds. The van der Waals surface area contributed by atoms with Crippen LogP contribution >= 0.6 is 11.6 Å². The van der Waals surface area contributed by atoms with Gasteiger partial charge in [-0.2, -0.15) is 0 Å². The molecule has 0 N–H and O–H groups in total. The van der Waals surface area contributed by atoms with Crippen molar-refractivity contribution in [2.24, 2.45) is 17.8 Å². The zero-order chi connectivity index (χ0) is 23.2. The van der Waals surface area contributed by atoms with Gasteiger partial charge in [-0.1, -0.05) is 94.5 Å². The molecule has 0 spiro atoms. The number of hydrogen-bond donors (Lipinski definition) is 0. The molecule has 180 valence electrons. The maximum atomic E-state index is 14.9. The molecular weight excluding hydrogens is 434 g/mol. The third-order valence-electron chi connectivity index (χ3n) is 8.46. The Morgan fingerprint density at radius 1 is 0.727 bits per heavy atom. The van der Waals surface area contributed by atoms with Crippen molar-refractivity contribution in [1.29, 1.82) is 0 Å². The van der Waals surface area contributed by atoms with Crippen LogP contribution in [0.2, 0.25) is 5.02 Å². The van der Waals surface area contributed by atoms with Gasteiger partial charge in [-0.05, 0) is 78.7 Å². The molecule has 2 fully saturated rings. The van der Waals surface area contributed by atoms with Crippen molar-refractivity contribution >= 4 is 11.6 Å². The Bertz CT molecular complexity index is 892. The highest BCUT2D eigenvalue weighted by Crippen LogP contribution is 2.41. The molecule has 33 heavy (non-hydrogen) atoms. The molecule has 0 radical (unpaired) electrons. The minimum Gasteiger partial charge on any atom is -0.206 e. The highest BCUT2D eigenvalue weighted by Gasteiger charge is 2.26. The first-order chi connectivity index (χ1) is 16.0. The van der Waals surface area contributed by atoms with E-state index in [0.717, 1.165) is 36.2 Å². The van der Waals surface area contributed by atoms with Gasteiger partial charge in [0, 0.05) is 5.56 Å². The molecule has 3 heteroatoms. The predicted molar refractivity (Wildman–Crippen MR) is 136 cm³/mol. The lowest BCUT2D eigenvalue weighted by molar-refractivity contribution is 0.222. The average molecular weight is 473 g/mol. The van der Waals surface area contributed by atoms with Crippen LogP contribution in [0.3, 0.4) is 0 Å². The van der Waals surface area contributed by atoms with Gasteiger partial charge in [-0.25, -0.2) is 8.78 Å². The number of hydrogen-bond acceptors (Lipinski definition) is 0. The third kappa shape index (κ3) is 6.59. The van der Waals surface area contributed by atoms with Crippen LogP contribution in [0.25, 0.3) is 11.1 Å². The lowest BCUT2D eigenvalue weighted by atomic mass is 9.74. The normalized spacial score (nSPS) is 25.8. The Labute approximate surface area is 204 Å². The van der Waals surface area contributed by atoms with Gasteiger partial charge < -0.3 is 0 Å². The second-order valence-electron chi connectivity index (χ2n) is 10.7. The Morgan fingerprint density at radius 3 is 1.91 bits per heavy atom. The summed E-state index contributed by atoms with van der Waals surface area (Å²) in [4.78, 5) is 0. The molecule has 0 aliphatic heterocycles. The van der Waals surface area contributed by atoms with Gasteiger partial charge >= 0.3 is 0 Å². The molecule has 0 saturated heterocycles. The minimum absolute atomic E-state index is 0.0622. The first-order valence-corrected chi connectivity index (χ1v) is 13.7. The van der Waals surface area contributed by atoms with Crippen molar-refractivity contribution < 1.29 is 8.78 Å². The highest BCUT2D eigenvalue weighted by molar-refractivity contribution is 6.30. The number of rotatable bonds is 8. The second-order valence-corrected chi connectivity index (χ2v) is 11.1. The zero-order valence-corrected chi connectivity index (χ0v) is 20.9. The molecule has 2 aliphatic rings. The Balaban J connectivity index is 1.24. The predicted octanol–water partition coefficient (Wildman–Crippen LogP) is 10.3. The van der Waals surface area contributed by atoms with Gasteiger partial charge in [-0.15, -0.1) is 0 Å². The van der Waals surface area contributed by atoms with E-state index >= 15 is 0 Å². The van der Waals surface area contributed by atoms with Crippen molar-refractivity contribution in [1.82, 2.24) is 0 Å². The standard InChI is InChI=1S/C30H39ClF2/c1-2-3-4-21-5-7-22(8-6-21)9-10-23-11-13-24(14-12-23)25-15-17-27(29(32)19-25)26-16-18-28(31)30(33)20-26/h15-24H,2-14H2,1H3. The number of benzene rings is 2. The van der Waals surface area contributed by atoms with Crippen LogP contribution in [-0.2, 0) is 0 Å². The van der Waals surface area contributed by atoms with Gasteiger partial charge in [0.05, 0.1) is 5.02 Å². The Morgan fingerprint density at radius 2 is 1.33 bits per heavy atom. The summed E-state index contributed by atoms with van der Waals surface area (Å²) >= 11 is 5.77. The number of unbranched alkanes of at least 4 members (excludes halogenated alkanes) is 1. The van der Waals surface area contributed by atoms with E-state index < -0.39 is 5.82 Å². The van der Waals surface area contributed by atoms with Crippen molar-refractivity contribution in [3.05, 3.63) is 58.6 Å². The SMILES string of the molecule is CCCCC1CCC(CCC2CCC(c3ccc(-c4ccc(Cl)c(F)c4)c(F)c3)CC2)CC1. The van der Waals surface area contributed by atoms with Gasteiger partial charge in [0.2, 0.25) is 0 Å². The van der Waals surface area contributed by atoms with E-state index in [4.69, 9.17) is 11.6 Å². The number of halogens is 3. The van der Waals surface area contributed by atoms with E-state index in [2.05, 4.69) is 6.92 Å². The summed E-state index contributed by atoms with van der Waals surface area (Å²) in [5, 5.41) is 0.0622. The van der Waals surface area contributed by atoms with Crippen LogP contribution in [0.5, 0.6) is 0 Å². The Hall–Kier alpha value is -1.41. The zero-order valence-electron chi connectivity index (χ0n) is 20.1. The molecule has 2 aromatic rings. The summed E-state index contributed by atoms with van der Waals surface area (Å²) in [7, 11) is 0. The quantitative estimate of drug-likeness (QED) is 0.358. The fraction of sp³-hybridized carbons (Fsp3) is 0.600. The molecule has 4 rings (SSSR count). The van der Waals surface area contributed by atoms with E-state index in [0.29, 0.717) is 17.0 Å². The van der Waals surface area contributed by atoms with Crippen LogP contribution in [0, 0.1) is 29.4 Å². The highest BCUT2D eigenvalue weighted by atomic mass is 35.5. The van der Waals surface area contributed by atoms with Crippen molar-refractivity contribution in [3.63, 3.8) is 0 Å². The largest absolute Gasteiger partial charge is 0.206 e. The second kappa shape index (κ2) is 11.8. The smallest absolute Gasteiger partial charge is 0.142 e. The molecule has 2 aromatic carbocycles. The van der Waals surface area contributed by atoms with E-state index in [1.165, 1.54) is 82.8 Å². The summed E-state index contributed by atoms with van der Waals surface area (Å²) < 4.78 is 28.7. The van der Waals surface area contributed by atoms with Crippen molar-refractivity contribution in [3.8, 4) is 11.1 Å². The molecule has 0 aromatic heterocycles. The lowest BCUT2D eigenvalue weighted by Crippen LogP contribution is -2.18. The molecule has 2 saturated carbocycles. The topological polar surface area (TPSA) is 0 Å². The van der Waals surface area contributed by atoms with Crippen LogP contribution in [0.15, 0.2) is 36.4 Å². The maximum absolute atomic E-state index is 14.9. The van der Waals surface area contributed by atoms with Crippen LogP contribution in [0.4, 0.5) is 8.78 Å². The van der Waals surface area contributed by atoms with Crippen LogP contribution in [-0.4, -0.2) is 0 Å².